The van der Waals surface area contributed by atoms with E-state index in [9.17, 15) is 0 Å². The van der Waals surface area contributed by atoms with Crippen LogP contribution in [0.15, 0.2) is 0 Å². The Morgan fingerprint density at radius 3 is 2.33 bits per heavy atom. The molecule has 2 heterocycles. The highest BCUT2D eigenvalue weighted by molar-refractivity contribution is 5.85. The van der Waals surface area contributed by atoms with E-state index in [2.05, 4.69) is 29.2 Å². The minimum Gasteiger partial charge on any atom is -0.317 e. The van der Waals surface area contributed by atoms with Crippen molar-refractivity contribution in [2.24, 2.45) is 0 Å². The molecule has 2 fully saturated rings. The largest absolute Gasteiger partial charge is 0.317 e. The van der Waals surface area contributed by atoms with Gasteiger partial charge in [-0.3, -0.25) is 4.90 Å². The Morgan fingerprint density at radius 1 is 1.13 bits per heavy atom. The summed E-state index contributed by atoms with van der Waals surface area (Å²) >= 11 is 0. The van der Waals surface area contributed by atoms with E-state index in [0.717, 1.165) is 12.1 Å². The lowest BCUT2D eigenvalue weighted by atomic mass is 10.0. The van der Waals surface area contributed by atoms with Gasteiger partial charge in [0.1, 0.15) is 0 Å². The molecule has 0 aliphatic carbocycles. The summed E-state index contributed by atoms with van der Waals surface area (Å²) in [5.41, 5.74) is 0. The topological polar surface area (TPSA) is 18.5 Å². The Bertz CT molecular complexity index is 178. The van der Waals surface area contributed by atoms with E-state index in [4.69, 9.17) is 0 Å². The average Bonchev–Trinajstić information content (AvgIpc) is 2.65. The molecule has 0 amide bonds. The molecule has 2 rings (SSSR count). The van der Waals surface area contributed by atoms with Gasteiger partial charge in [0.25, 0.3) is 0 Å². The first kappa shape index (κ1) is 13.2. The van der Waals surface area contributed by atoms with Crippen LogP contribution in [-0.4, -0.2) is 62.2 Å². The van der Waals surface area contributed by atoms with Gasteiger partial charge in [-0.1, -0.05) is 0 Å². The number of rotatable bonds is 2. The number of piperidine rings is 1. The molecule has 0 bridgehead atoms. The van der Waals surface area contributed by atoms with Crippen molar-refractivity contribution in [2.75, 3.05) is 40.3 Å². The van der Waals surface area contributed by atoms with E-state index in [1.54, 1.807) is 0 Å². The van der Waals surface area contributed by atoms with E-state index in [0.29, 0.717) is 0 Å². The summed E-state index contributed by atoms with van der Waals surface area (Å²) < 4.78 is 0. The molecule has 0 aromatic rings. The summed E-state index contributed by atoms with van der Waals surface area (Å²) in [5, 5.41) is 3.43. The molecule has 0 radical (unpaired) electrons. The molecule has 0 spiro atoms. The summed E-state index contributed by atoms with van der Waals surface area (Å²) in [6, 6.07) is 1.64. The Hall–Kier alpha value is 0.170. The molecular formula is C11H24ClN3. The molecule has 4 heteroatoms. The van der Waals surface area contributed by atoms with Crippen molar-refractivity contribution in [1.29, 1.82) is 0 Å². The quantitative estimate of drug-likeness (QED) is 0.761. The Morgan fingerprint density at radius 2 is 1.80 bits per heavy atom. The van der Waals surface area contributed by atoms with Crippen LogP contribution in [0.3, 0.4) is 0 Å². The minimum absolute atomic E-state index is 0. The SMILES string of the molecule is CN1CCC(N(C)C2CCNCC2)C1.Cl. The lowest BCUT2D eigenvalue weighted by Gasteiger charge is -2.35. The molecule has 2 saturated heterocycles. The van der Waals surface area contributed by atoms with Gasteiger partial charge in [0.05, 0.1) is 0 Å². The van der Waals surface area contributed by atoms with Crippen LogP contribution in [-0.2, 0) is 0 Å². The van der Waals surface area contributed by atoms with E-state index in [1.165, 1.54) is 45.4 Å². The standard InChI is InChI=1S/C11H23N3.ClH/c1-13-8-5-11(9-13)14(2)10-3-6-12-7-4-10;/h10-12H,3-9H2,1-2H3;1H. The number of halogens is 1. The van der Waals surface area contributed by atoms with Crippen molar-refractivity contribution < 1.29 is 0 Å². The van der Waals surface area contributed by atoms with Crippen molar-refractivity contribution in [1.82, 2.24) is 15.1 Å². The third kappa shape index (κ3) is 3.31. The van der Waals surface area contributed by atoms with Crippen LogP contribution in [0.25, 0.3) is 0 Å². The molecule has 1 atom stereocenters. The number of hydrogen-bond acceptors (Lipinski definition) is 3. The summed E-state index contributed by atoms with van der Waals surface area (Å²) in [6.07, 6.45) is 4.02. The fourth-order valence-electron chi connectivity index (χ4n) is 2.76. The van der Waals surface area contributed by atoms with Crippen LogP contribution in [0.4, 0.5) is 0 Å². The van der Waals surface area contributed by atoms with Crippen LogP contribution >= 0.6 is 12.4 Å². The lowest BCUT2D eigenvalue weighted by molar-refractivity contribution is 0.145. The van der Waals surface area contributed by atoms with Crippen molar-refractivity contribution in [3.8, 4) is 0 Å². The zero-order valence-corrected chi connectivity index (χ0v) is 10.7. The monoisotopic (exact) mass is 233 g/mol. The first-order valence-corrected chi connectivity index (χ1v) is 5.88. The maximum Gasteiger partial charge on any atom is 0.0235 e. The summed E-state index contributed by atoms with van der Waals surface area (Å²) in [7, 11) is 4.55. The van der Waals surface area contributed by atoms with Crippen LogP contribution < -0.4 is 5.32 Å². The number of nitrogens with one attached hydrogen (secondary N) is 1. The Kier molecular flexibility index (Phi) is 5.33. The zero-order chi connectivity index (χ0) is 9.97. The molecule has 1 N–H and O–H groups in total. The second-order valence-electron chi connectivity index (χ2n) is 4.85. The minimum atomic E-state index is 0. The zero-order valence-electron chi connectivity index (χ0n) is 9.91. The van der Waals surface area contributed by atoms with Gasteiger partial charge < -0.3 is 10.2 Å². The van der Waals surface area contributed by atoms with E-state index >= 15 is 0 Å². The summed E-state index contributed by atoms with van der Waals surface area (Å²) in [4.78, 5) is 5.08. The second-order valence-corrected chi connectivity index (χ2v) is 4.85. The van der Waals surface area contributed by atoms with Gasteiger partial charge in [-0.2, -0.15) is 0 Å². The molecule has 0 aromatic heterocycles. The molecule has 1 unspecified atom stereocenters. The van der Waals surface area contributed by atoms with Crippen molar-refractivity contribution in [3.05, 3.63) is 0 Å². The number of likely N-dealkylation sites (N-methyl/N-ethyl adjacent to an activating group) is 2. The third-order valence-corrected chi connectivity index (χ3v) is 3.83. The fourth-order valence-corrected chi connectivity index (χ4v) is 2.76. The molecule has 0 aromatic carbocycles. The highest BCUT2D eigenvalue weighted by Crippen LogP contribution is 2.19. The van der Waals surface area contributed by atoms with E-state index in [-0.39, 0.29) is 12.4 Å². The number of hydrogen-bond donors (Lipinski definition) is 1. The highest BCUT2D eigenvalue weighted by atomic mass is 35.5. The van der Waals surface area contributed by atoms with Crippen molar-refractivity contribution in [2.45, 2.75) is 31.3 Å². The third-order valence-electron chi connectivity index (χ3n) is 3.83. The van der Waals surface area contributed by atoms with Gasteiger partial charge in [-0.15, -0.1) is 12.4 Å². The van der Waals surface area contributed by atoms with Gasteiger partial charge in [-0.05, 0) is 53.0 Å². The van der Waals surface area contributed by atoms with Gasteiger partial charge in [0, 0.05) is 18.6 Å². The summed E-state index contributed by atoms with van der Waals surface area (Å²) in [5.74, 6) is 0. The van der Waals surface area contributed by atoms with Crippen LogP contribution in [0.5, 0.6) is 0 Å². The average molecular weight is 234 g/mol. The molecule has 3 nitrogen and oxygen atoms in total. The molecule has 2 aliphatic heterocycles. The van der Waals surface area contributed by atoms with Gasteiger partial charge in [0.15, 0.2) is 0 Å². The predicted octanol–water partition coefficient (Wildman–Crippen LogP) is 0.796. The Balaban J connectivity index is 0.00000112. The van der Waals surface area contributed by atoms with Crippen LogP contribution in [0, 0.1) is 0 Å². The van der Waals surface area contributed by atoms with Gasteiger partial charge >= 0.3 is 0 Å². The highest BCUT2D eigenvalue weighted by Gasteiger charge is 2.28. The predicted molar refractivity (Wildman–Crippen MR) is 66.8 cm³/mol. The molecule has 0 saturated carbocycles. The number of nitrogens with zero attached hydrogens (tertiary/aromatic N) is 2. The maximum absolute atomic E-state index is 3.43. The maximum atomic E-state index is 3.43. The molecular weight excluding hydrogens is 210 g/mol. The van der Waals surface area contributed by atoms with Crippen LogP contribution in [0.2, 0.25) is 0 Å². The first-order valence-electron chi connectivity index (χ1n) is 5.88. The molecule has 15 heavy (non-hydrogen) atoms. The molecule has 2 aliphatic rings. The Labute approximate surface area is 99.6 Å². The van der Waals surface area contributed by atoms with Gasteiger partial charge in [-0.25, -0.2) is 0 Å². The van der Waals surface area contributed by atoms with E-state index < -0.39 is 0 Å². The lowest BCUT2D eigenvalue weighted by Crippen LogP contribution is -2.46. The van der Waals surface area contributed by atoms with E-state index in [1.807, 2.05) is 0 Å². The molecule has 90 valence electrons. The number of likely N-dealkylation sites (tertiary alicyclic amines) is 1. The fraction of sp³-hybridized carbons (Fsp3) is 1.00. The first-order chi connectivity index (χ1) is 6.77. The summed E-state index contributed by atoms with van der Waals surface area (Å²) in [6.45, 7) is 4.95. The van der Waals surface area contributed by atoms with Gasteiger partial charge in [0.2, 0.25) is 0 Å². The normalized spacial score (nSPS) is 29.4. The van der Waals surface area contributed by atoms with Crippen molar-refractivity contribution in [3.63, 3.8) is 0 Å². The second kappa shape index (κ2) is 6.04. The smallest absolute Gasteiger partial charge is 0.0235 e. The van der Waals surface area contributed by atoms with Crippen molar-refractivity contribution >= 4 is 12.4 Å². The van der Waals surface area contributed by atoms with Crippen LogP contribution in [0.1, 0.15) is 19.3 Å².